The first-order valence-electron chi connectivity index (χ1n) is 4.58. The van der Waals surface area contributed by atoms with Crippen molar-refractivity contribution in [2.24, 2.45) is 0 Å². The lowest BCUT2D eigenvalue weighted by Gasteiger charge is -2.04. The zero-order valence-corrected chi connectivity index (χ0v) is 8.80. The van der Waals surface area contributed by atoms with Gasteiger partial charge in [0.2, 0.25) is 0 Å². The zero-order valence-electron chi connectivity index (χ0n) is 8.80. The van der Waals surface area contributed by atoms with Gasteiger partial charge in [0.1, 0.15) is 5.75 Å². The molecule has 0 atom stereocenters. The van der Waals surface area contributed by atoms with E-state index in [0.717, 1.165) is 16.9 Å². The molecular weight excluding hydrogens is 179 g/mol. The summed E-state index contributed by atoms with van der Waals surface area (Å²) in [5.41, 5.74) is 1.83. The third-order valence-corrected chi connectivity index (χ3v) is 2.19. The molecule has 0 saturated carbocycles. The highest BCUT2D eigenvalue weighted by molar-refractivity contribution is 5.31. The molecule has 0 unspecified atom stereocenters. The summed E-state index contributed by atoms with van der Waals surface area (Å²) in [6, 6.07) is 7.68. The van der Waals surface area contributed by atoms with Gasteiger partial charge in [-0.05, 0) is 43.5 Å². The van der Waals surface area contributed by atoms with Crippen LogP contribution in [0.3, 0.4) is 0 Å². The topological polar surface area (TPSA) is 9.23 Å². The molecule has 0 amide bonds. The molecule has 0 saturated heterocycles. The largest absolute Gasteiger partial charge is 0.497 e. The molecule has 1 aromatic carbocycles. The van der Waals surface area contributed by atoms with Gasteiger partial charge in [0.15, 0.2) is 0 Å². The van der Waals surface area contributed by atoms with E-state index in [1.54, 1.807) is 14.0 Å². The number of hydrogen-bond donors (Lipinski definition) is 0. The van der Waals surface area contributed by atoms with Crippen LogP contribution in [0.5, 0.6) is 5.75 Å². The van der Waals surface area contributed by atoms with Crippen LogP contribution in [0.15, 0.2) is 35.7 Å². The second-order valence-corrected chi connectivity index (χ2v) is 3.34. The molecule has 0 heterocycles. The number of allylic oxidation sites excluding steroid dienone is 2. The summed E-state index contributed by atoms with van der Waals surface area (Å²) >= 11 is 0. The Kier molecular flexibility index (Phi) is 3.69. The average molecular weight is 194 g/mol. The second-order valence-electron chi connectivity index (χ2n) is 3.34. The Morgan fingerprint density at radius 2 is 2.07 bits per heavy atom. The third-order valence-electron chi connectivity index (χ3n) is 2.19. The van der Waals surface area contributed by atoms with E-state index in [2.05, 4.69) is 0 Å². The van der Waals surface area contributed by atoms with Gasteiger partial charge in [0.05, 0.1) is 12.9 Å². The lowest BCUT2D eigenvalue weighted by molar-refractivity contribution is 0.414. The minimum Gasteiger partial charge on any atom is -0.497 e. The summed E-state index contributed by atoms with van der Waals surface area (Å²) in [6.07, 6.45) is 0.638. The quantitative estimate of drug-likeness (QED) is 0.715. The fourth-order valence-corrected chi connectivity index (χ4v) is 1.21. The van der Waals surface area contributed by atoms with Gasteiger partial charge in [0.25, 0.3) is 0 Å². The van der Waals surface area contributed by atoms with Gasteiger partial charge in [0, 0.05) is 0 Å². The van der Waals surface area contributed by atoms with Crippen molar-refractivity contribution < 1.29 is 9.13 Å². The van der Waals surface area contributed by atoms with Crippen LogP contribution < -0.4 is 4.74 Å². The molecule has 0 spiro atoms. The highest BCUT2D eigenvalue weighted by Gasteiger charge is 1.99. The number of methoxy groups -OCH3 is 1. The van der Waals surface area contributed by atoms with Crippen molar-refractivity contribution in [3.8, 4) is 5.75 Å². The first-order valence-corrected chi connectivity index (χ1v) is 4.58. The maximum absolute atomic E-state index is 12.8. The minimum atomic E-state index is -0.104. The van der Waals surface area contributed by atoms with E-state index >= 15 is 0 Å². The molecule has 76 valence electrons. The lowest BCUT2D eigenvalue weighted by Crippen LogP contribution is -1.90. The molecule has 0 aliphatic rings. The molecule has 0 N–H and O–H groups in total. The van der Waals surface area contributed by atoms with Crippen molar-refractivity contribution in [1.82, 2.24) is 0 Å². The van der Waals surface area contributed by atoms with Crippen LogP contribution in [0.2, 0.25) is 0 Å². The van der Waals surface area contributed by atoms with Crippen molar-refractivity contribution >= 4 is 0 Å². The molecule has 0 aliphatic heterocycles. The third kappa shape index (κ3) is 2.87. The van der Waals surface area contributed by atoms with Gasteiger partial charge in [-0.2, -0.15) is 0 Å². The van der Waals surface area contributed by atoms with Crippen molar-refractivity contribution in [2.75, 3.05) is 7.11 Å². The van der Waals surface area contributed by atoms with E-state index in [1.807, 2.05) is 24.3 Å². The fourth-order valence-electron chi connectivity index (χ4n) is 1.21. The summed E-state index contributed by atoms with van der Waals surface area (Å²) < 4.78 is 17.9. The Labute approximate surface area is 84.2 Å². The van der Waals surface area contributed by atoms with E-state index in [-0.39, 0.29) is 5.83 Å². The van der Waals surface area contributed by atoms with Gasteiger partial charge < -0.3 is 4.74 Å². The van der Waals surface area contributed by atoms with E-state index in [9.17, 15) is 4.39 Å². The van der Waals surface area contributed by atoms with Crippen LogP contribution in [-0.4, -0.2) is 7.11 Å². The predicted molar refractivity (Wildman–Crippen MR) is 56.2 cm³/mol. The summed E-state index contributed by atoms with van der Waals surface area (Å²) in [4.78, 5) is 0. The van der Waals surface area contributed by atoms with Gasteiger partial charge >= 0.3 is 0 Å². The monoisotopic (exact) mass is 194 g/mol. The number of hydrogen-bond acceptors (Lipinski definition) is 1. The molecule has 1 nitrogen and oxygen atoms in total. The smallest absolute Gasteiger partial charge is 0.119 e. The molecule has 0 fully saturated rings. The molecule has 0 radical (unpaired) electrons. The normalized spacial score (nSPS) is 12.3. The summed E-state index contributed by atoms with van der Waals surface area (Å²) in [5.74, 6) is 0.708. The molecule has 1 rings (SSSR count). The van der Waals surface area contributed by atoms with Crippen molar-refractivity contribution in [3.05, 3.63) is 41.2 Å². The molecular formula is C12H15FO. The fraction of sp³-hybridized carbons (Fsp3) is 0.333. The molecule has 0 aromatic heterocycles. The highest BCUT2D eigenvalue weighted by Crippen LogP contribution is 2.17. The number of rotatable bonds is 3. The lowest BCUT2D eigenvalue weighted by atomic mass is 10.1. The van der Waals surface area contributed by atoms with Crippen LogP contribution >= 0.6 is 0 Å². The number of benzene rings is 1. The summed E-state index contributed by atoms with van der Waals surface area (Å²) in [7, 11) is 1.63. The van der Waals surface area contributed by atoms with E-state index in [0.29, 0.717) is 6.42 Å². The van der Waals surface area contributed by atoms with Crippen molar-refractivity contribution in [3.63, 3.8) is 0 Å². The molecule has 2 heteroatoms. The molecule has 0 bridgehead atoms. The van der Waals surface area contributed by atoms with E-state index < -0.39 is 0 Å². The Morgan fingerprint density at radius 1 is 1.36 bits per heavy atom. The molecule has 1 aromatic rings. The Bertz CT molecular complexity index is 338. The summed E-state index contributed by atoms with van der Waals surface area (Å²) in [6.45, 7) is 3.28. The Morgan fingerprint density at radius 3 is 2.64 bits per heavy atom. The van der Waals surface area contributed by atoms with Gasteiger partial charge in [-0.15, -0.1) is 0 Å². The van der Waals surface area contributed by atoms with Crippen LogP contribution in [-0.2, 0) is 6.42 Å². The Hall–Kier alpha value is -1.31. The maximum atomic E-state index is 12.8. The maximum Gasteiger partial charge on any atom is 0.119 e. The standard InChI is InChI=1S/C12H15FO/c1-9(10(2)13)7-11-5-4-6-12(8-11)14-3/h4-6,8H,7H2,1-3H3/b10-9-. The van der Waals surface area contributed by atoms with E-state index in [1.165, 1.54) is 6.92 Å². The Balaban J connectivity index is 2.82. The van der Waals surface area contributed by atoms with Crippen molar-refractivity contribution in [1.29, 1.82) is 0 Å². The number of halogens is 1. The van der Waals surface area contributed by atoms with Crippen molar-refractivity contribution in [2.45, 2.75) is 20.3 Å². The van der Waals surface area contributed by atoms with Gasteiger partial charge in [-0.3, -0.25) is 0 Å². The first-order chi connectivity index (χ1) is 6.63. The first kappa shape index (κ1) is 10.8. The van der Waals surface area contributed by atoms with E-state index in [4.69, 9.17) is 4.74 Å². The second kappa shape index (κ2) is 4.80. The van der Waals surface area contributed by atoms with Crippen LogP contribution in [0, 0.1) is 0 Å². The minimum absolute atomic E-state index is 0.104. The predicted octanol–water partition coefficient (Wildman–Crippen LogP) is 3.50. The SMILES string of the molecule is COc1cccc(C/C(C)=C(/C)F)c1. The molecule has 14 heavy (non-hydrogen) atoms. The van der Waals surface area contributed by atoms with Crippen LogP contribution in [0.1, 0.15) is 19.4 Å². The van der Waals surface area contributed by atoms with Gasteiger partial charge in [-0.25, -0.2) is 4.39 Å². The average Bonchev–Trinajstić information content (AvgIpc) is 2.18. The molecule has 0 aliphatic carbocycles. The van der Waals surface area contributed by atoms with Gasteiger partial charge in [-0.1, -0.05) is 12.1 Å². The van der Waals surface area contributed by atoms with Crippen LogP contribution in [0.25, 0.3) is 0 Å². The number of ether oxygens (including phenoxy) is 1. The zero-order chi connectivity index (χ0) is 10.6. The highest BCUT2D eigenvalue weighted by atomic mass is 19.1. The van der Waals surface area contributed by atoms with Crippen LogP contribution in [0.4, 0.5) is 4.39 Å². The summed E-state index contributed by atoms with van der Waals surface area (Å²) in [5, 5.41) is 0.